The predicted molar refractivity (Wildman–Crippen MR) is 90.7 cm³/mol. The molecular formula is C17H31N3O4. The zero-order chi connectivity index (χ0) is 17.5. The van der Waals surface area contributed by atoms with Crippen LogP contribution in [0.15, 0.2) is 0 Å². The van der Waals surface area contributed by atoms with Crippen molar-refractivity contribution < 1.29 is 19.1 Å². The highest BCUT2D eigenvalue weighted by atomic mass is 16.5. The second kappa shape index (κ2) is 9.34. The number of carbonyl (C=O) groups excluding carboxylic acids is 2. The van der Waals surface area contributed by atoms with Gasteiger partial charge in [0.15, 0.2) is 0 Å². The molecule has 2 aliphatic rings. The van der Waals surface area contributed by atoms with E-state index in [9.17, 15) is 9.59 Å². The van der Waals surface area contributed by atoms with Crippen LogP contribution in [-0.4, -0.2) is 85.8 Å². The third-order valence-electron chi connectivity index (χ3n) is 4.58. The predicted octanol–water partition coefficient (Wildman–Crippen LogP) is 0.239. The van der Waals surface area contributed by atoms with Gasteiger partial charge in [0.05, 0.1) is 18.8 Å². The van der Waals surface area contributed by atoms with Gasteiger partial charge in [-0.2, -0.15) is 0 Å². The summed E-state index contributed by atoms with van der Waals surface area (Å²) in [5.41, 5.74) is 0. The molecule has 2 saturated heterocycles. The molecule has 0 saturated carbocycles. The zero-order valence-electron chi connectivity index (χ0n) is 15.1. The van der Waals surface area contributed by atoms with Crippen LogP contribution >= 0.6 is 0 Å². The van der Waals surface area contributed by atoms with Crippen LogP contribution in [0.4, 0.5) is 0 Å². The van der Waals surface area contributed by atoms with E-state index in [0.29, 0.717) is 32.8 Å². The molecule has 2 amide bonds. The van der Waals surface area contributed by atoms with E-state index in [0.717, 1.165) is 19.4 Å². The molecule has 1 N–H and O–H groups in total. The minimum absolute atomic E-state index is 0.0203. The monoisotopic (exact) mass is 341 g/mol. The van der Waals surface area contributed by atoms with Gasteiger partial charge in [-0.15, -0.1) is 0 Å². The molecule has 0 aromatic carbocycles. The molecule has 2 rings (SSSR count). The number of ether oxygens (including phenoxy) is 2. The lowest BCUT2D eigenvalue weighted by molar-refractivity contribution is -0.139. The van der Waals surface area contributed by atoms with E-state index in [-0.39, 0.29) is 36.6 Å². The summed E-state index contributed by atoms with van der Waals surface area (Å²) in [7, 11) is 0. The Balaban J connectivity index is 1.65. The fourth-order valence-electron chi connectivity index (χ4n) is 3.07. The summed E-state index contributed by atoms with van der Waals surface area (Å²) in [6, 6.07) is -0.0239. The van der Waals surface area contributed by atoms with Crippen molar-refractivity contribution >= 4 is 11.8 Å². The van der Waals surface area contributed by atoms with E-state index in [2.05, 4.69) is 10.2 Å². The third kappa shape index (κ3) is 5.72. The van der Waals surface area contributed by atoms with Crippen LogP contribution in [0.5, 0.6) is 0 Å². The molecule has 0 aromatic rings. The number of hydrogen-bond donors (Lipinski definition) is 1. The van der Waals surface area contributed by atoms with Gasteiger partial charge in [-0.25, -0.2) is 0 Å². The van der Waals surface area contributed by atoms with Crippen molar-refractivity contribution in [1.29, 1.82) is 0 Å². The Morgan fingerprint density at radius 1 is 1.21 bits per heavy atom. The van der Waals surface area contributed by atoms with Gasteiger partial charge in [0.2, 0.25) is 11.8 Å². The fourth-order valence-corrected chi connectivity index (χ4v) is 3.07. The molecular weight excluding hydrogens is 310 g/mol. The Morgan fingerprint density at radius 3 is 2.50 bits per heavy atom. The third-order valence-corrected chi connectivity index (χ3v) is 4.58. The lowest BCUT2D eigenvalue weighted by Gasteiger charge is -2.37. The lowest BCUT2D eigenvalue weighted by atomic mass is 10.2. The Bertz CT molecular complexity index is 416. The van der Waals surface area contributed by atoms with Crippen molar-refractivity contribution in [3.63, 3.8) is 0 Å². The Morgan fingerprint density at radius 2 is 1.92 bits per heavy atom. The van der Waals surface area contributed by atoms with Gasteiger partial charge in [-0.1, -0.05) is 0 Å². The van der Waals surface area contributed by atoms with Gasteiger partial charge in [0.1, 0.15) is 6.61 Å². The second-order valence-electron chi connectivity index (χ2n) is 6.91. The number of nitrogens with zero attached hydrogens (tertiary/aromatic N) is 2. The highest BCUT2D eigenvalue weighted by molar-refractivity contribution is 5.81. The minimum atomic E-state index is -0.166. The van der Waals surface area contributed by atoms with Crippen molar-refractivity contribution in [2.24, 2.45) is 0 Å². The Hall–Kier alpha value is -1.18. The SMILES string of the molecule is CC(C)NC(=O)C(C)N1CCN(C(=O)COCC2CCCO2)CC1. The van der Waals surface area contributed by atoms with Gasteiger partial charge in [-0.3, -0.25) is 14.5 Å². The van der Waals surface area contributed by atoms with E-state index in [4.69, 9.17) is 9.47 Å². The molecule has 0 aliphatic carbocycles. The topological polar surface area (TPSA) is 71.1 Å². The van der Waals surface area contributed by atoms with Crippen LogP contribution in [0, 0.1) is 0 Å². The number of nitrogens with one attached hydrogen (secondary N) is 1. The van der Waals surface area contributed by atoms with Gasteiger partial charge in [0.25, 0.3) is 0 Å². The van der Waals surface area contributed by atoms with Crippen LogP contribution in [0.2, 0.25) is 0 Å². The molecule has 2 fully saturated rings. The summed E-state index contributed by atoms with van der Waals surface area (Å²) in [5, 5.41) is 2.94. The number of amides is 2. The van der Waals surface area contributed by atoms with Crippen molar-refractivity contribution in [3.8, 4) is 0 Å². The normalized spacial score (nSPS) is 23.5. The van der Waals surface area contributed by atoms with Gasteiger partial charge in [0, 0.05) is 38.8 Å². The smallest absolute Gasteiger partial charge is 0.248 e. The maximum absolute atomic E-state index is 12.2. The number of carbonyl (C=O) groups is 2. The molecule has 2 unspecified atom stereocenters. The number of hydrogen-bond acceptors (Lipinski definition) is 5. The summed E-state index contributed by atoms with van der Waals surface area (Å²) < 4.78 is 11.0. The first-order valence-electron chi connectivity index (χ1n) is 8.99. The average Bonchev–Trinajstić information content (AvgIpc) is 3.07. The molecule has 2 heterocycles. The van der Waals surface area contributed by atoms with Crippen LogP contribution in [-0.2, 0) is 19.1 Å². The maximum Gasteiger partial charge on any atom is 0.248 e. The largest absolute Gasteiger partial charge is 0.376 e. The molecule has 7 heteroatoms. The van der Waals surface area contributed by atoms with E-state index in [1.165, 1.54) is 0 Å². The molecule has 0 spiro atoms. The van der Waals surface area contributed by atoms with Crippen molar-refractivity contribution in [2.45, 2.75) is 51.8 Å². The lowest BCUT2D eigenvalue weighted by Crippen LogP contribution is -2.56. The first kappa shape index (κ1) is 19.1. The Labute approximate surface area is 144 Å². The maximum atomic E-state index is 12.2. The van der Waals surface area contributed by atoms with Crippen LogP contribution in [0.3, 0.4) is 0 Å². The van der Waals surface area contributed by atoms with Crippen LogP contribution in [0.25, 0.3) is 0 Å². The molecule has 2 aliphatic heterocycles. The first-order valence-corrected chi connectivity index (χ1v) is 8.99. The first-order chi connectivity index (χ1) is 11.5. The highest BCUT2D eigenvalue weighted by Gasteiger charge is 2.27. The standard InChI is InChI=1S/C17H31N3O4/c1-13(2)18-17(22)14(3)19-6-8-20(9-7-19)16(21)12-23-11-15-5-4-10-24-15/h13-15H,4-12H2,1-3H3,(H,18,22). The molecule has 0 aromatic heterocycles. The van der Waals surface area contributed by atoms with Crippen LogP contribution < -0.4 is 5.32 Å². The molecule has 0 radical (unpaired) electrons. The second-order valence-corrected chi connectivity index (χ2v) is 6.91. The van der Waals surface area contributed by atoms with Crippen molar-refractivity contribution in [1.82, 2.24) is 15.1 Å². The quantitative estimate of drug-likeness (QED) is 0.718. The van der Waals surface area contributed by atoms with E-state index < -0.39 is 0 Å². The summed E-state index contributed by atoms with van der Waals surface area (Å²) in [4.78, 5) is 28.2. The van der Waals surface area contributed by atoms with Crippen LogP contribution in [0.1, 0.15) is 33.6 Å². The molecule has 0 bridgehead atoms. The minimum Gasteiger partial charge on any atom is -0.376 e. The average molecular weight is 341 g/mol. The fraction of sp³-hybridized carbons (Fsp3) is 0.882. The summed E-state index contributed by atoms with van der Waals surface area (Å²) in [5.74, 6) is 0.0663. The van der Waals surface area contributed by atoms with Gasteiger partial charge >= 0.3 is 0 Å². The van der Waals surface area contributed by atoms with E-state index >= 15 is 0 Å². The molecule has 2 atom stereocenters. The van der Waals surface area contributed by atoms with Gasteiger partial charge < -0.3 is 19.7 Å². The molecule has 138 valence electrons. The summed E-state index contributed by atoms with van der Waals surface area (Å²) in [6.07, 6.45) is 2.24. The highest BCUT2D eigenvalue weighted by Crippen LogP contribution is 2.12. The number of piperazine rings is 1. The van der Waals surface area contributed by atoms with Crippen molar-refractivity contribution in [2.75, 3.05) is 46.0 Å². The van der Waals surface area contributed by atoms with Crippen molar-refractivity contribution in [3.05, 3.63) is 0 Å². The summed E-state index contributed by atoms with van der Waals surface area (Å²) >= 11 is 0. The molecule has 7 nitrogen and oxygen atoms in total. The summed E-state index contributed by atoms with van der Waals surface area (Å²) in [6.45, 7) is 9.95. The zero-order valence-corrected chi connectivity index (χ0v) is 15.1. The van der Waals surface area contributed by atoms with E-state index in [1.807, 2.05) is 25.7 Å². The van der Waals surface area contributed by atoms with Gasteiger partial charge in [-0.05, 0) is 33.6 Å². The number of rotatable bonds is 7. The molecule has 24 heavy (non-hydrogen) atoms. The Kier molecular flexibility index (Phi) is 7.45. The van der Waals surface area contributed by atoms with E-state index in [1.54, 1.807) is 0 Å².